The monoisotopic (exact) mass is 318 g/mol. The molecule has 0 aromatic heterocycles. The van der Waals surface area contributed by atoms with Gasteiger partial charge in [0.25, 0.3) is 0 Å². The molecule has 1 aliphatic rings. The normalized spacial score (nSPS) is 25.9. The van der Waals surface area contributed by atoms with Crippen LogP contribution in [0.1, 0.15) is 46.6 Å². The zero-order valence-electron chi connectivity index (χ0n) is 15.0. The van der Waals surface area contributed by atoms with E-state index in [1.54, 1.807) is 0 Å². The third kappa shape index (κ3) is 5.54. The highest BCUT2D eigenvalue weighted by molar-refractivity contribution is 5.68. The summed E-state index contributed by atoms with van der Waals surface area (Å²) in [4.78, 5) is 14.5. The zero-order valence-corrected chi connectivity index (χ0v) is 15.0. The van der Waals surface area contributed by atoms with Crippen LogP contribution in [0.3, 0.4) is 0 Å². The molecule has 3 unspecified atom stereocenters. The van der Waals surface area contributed by atoms with Crippen LogP contribution in [0.15, 0.2) is 30.3 Å². The highest BCUT2D eigenvalue weighted by Crippen LogP contribution is 2.24. The van der Waals surface area contributed by atoms with Crippen molar-refractivity contribution in [2.24, 2.45) is 5.92 Å². The highest BCUT2D eigenvalue weighted by atomic mass is 16.6. The number of hydrogen-bond donors (Lipinski definition) is 1. The van der Waals surface area contributed by atoms with Crippen LogP contribution in [0.5, 0.6) is 0 Å². The molecule has 4 nitrogen and oxygen atoms in total. The molecule has 0 saturated carbocycles. The van der Waals surface area contributed by atoms with Crippen LogP contribution in [0.2, 0.25) is 0 Å². The summed E-state index contributed by atoms with van der Waals surface area (Å²) in [5, 5.41) is 3.05. The molecule has 1 saturated heterocycles. The summed E-state index contributed by atoms with van der Waals surface area (Å²) < 4.78 is 5.38. The third-order valence-corrected chi connectivity index (χ3v) is 4.36. The van der Waals surface area contributed by atoms with Crippen molar-refractivity contribution in [1.82, 2.24) is 10.2 Å². The van der Waals surface area contributed by atoms with Gasteiger partial charge in [0.15, 0.2) is 0 Å². The van der Waals surface area contributed by atoms with Crippen LogP contribution in [0.4, 0.5) is 4.79 Å². The third-order valence-electron chi connectivity index (χ3n) is 4.36. The predicted molar refractivity (Wildman–Crippen MR) is 93.3 cm³/mol. The minimum absolute atomic E-state index is 0.173. The molecule has 1 heterocycles. The number of ether oxygens (including phenoxy) is 1. The minimum Gasteiger partial charge on any atom is -0.444 e. The summed E-state index contributed by atoms with van der Waals surface area (Å²) in [5.74, 6) is 0.405. The maximum atomic E-state index is 12.0. The number of nitrogens with zero attached hydrogens (tertiary/aromatic N) is 1. The van der Waals surface area contributed by atoms with Crippen molar-refractivity contribution in [3.63, 3.8) is 0 Å². The van der Waals surface area contributed by atoms with Crippen molar-refractivity contribution < 1.29 is 9.53 Å². The molecular weight excluding hydrogens is 288 g/mol. The van der Waals surface area contributed by atoms with Crippen molar-refractivity contribution in [2.75, 3.05) is 6.54 Å². The van der Waals surface area contributed by atoms with Crippen molar-refractivity contribution in [3.8, 4) is 0 Å². The molecule has 0 aliphatic carbocycles. The molecule has 128 valence electrons. The molecule has 1 aliphatic heterocycles. The van der Waals surface area contributed by atoms with E-state index in [1.807, 2.05) is 26.8 Å². The van der Waals surface area contributed by atoms with Gasteiger partial charge in [0.05, 0.1) is 0 Å². The summed E-state index contributed by atoms with van der Waals surface area (Å²) in [7, 11) is 0. The highest BCUT2D eigenvalue weighted by Gasteiger charge is 2.32. The lowest BCUT2D eigenvalue weighted by atomic mass is 9.89. The van der Waals surface area contributed by atoms with E-state index in [4.69, 9.17) is 4.74 Å². The maximum absolute atomic E-state index is 12.0. The van der Waals surface area contributed by atoms with Gasteiger partial charge in [-0.25, -0.2) is 4.79 Å². The Morgan fingerprint density at radius 2 is 1.91 bits per heavy atom. The minimum atomic E-state index is -0.451. The topological polar surface area (TPSA) is 41.6 Å². The largest absolute Gasteiger partial charge is 0.444 e. The van der Waals surface area contributed by atoms with E-state index in [-0.39, 0.29) is 12.1 Å². The number of rotatable bonds is 3. The Labute approximate surface area is 140 Å². The van der Waals surface area contributed by atoms with Crippen LogP contribution in [0, 0.1) is 5.92 Å². The molecule has 2 rings (SSSR count). The number of carbonyl (C=O) groups excluding carboxylic acids is 1. The first kappa shape index (κ1) is 17.8. The number of carbonyl (C=O) groups is 1. The van der Waals surface area contributed by atoms with Gasteiger partial charge in [-0.3, -0.25) is 4.90 Å². The molecule has 23 heavy (non-hydrogen) atoms. The number of amides is 1. The average Bonchev–Trinajstić information content (AvgIpc) is 2.43. The molecule has 1 aromatic rings. The summed E-state index contributed by atoms with van der Waals surface area (Å²) in [6, 6.07) is 11.2. The van der Waals surface area contributed by atoms with E-state index in [1.165, 1.54) is 5.56 Å². The van der Waals surface area contributed by atoms with Gasteiger partial charge in [-0.15, -0.1) is 0 Å². The van der Waals surface area contributed by atoms with Crippen molar-refractivity contribution in [2.45, 2.75) is 65.3 Å². The Morgan fingerprint density at radius 1 is 1.26 bits per heavy atom. The van der Waals surface area contributed by atoms with Crippen molar-refractivity contribution in [1.29, 1.82) is 0 Å². The molecule has 1 amide bonds. The Kier molecular flexibility index (Phi) is 5.69. The Balaban J connectivity index is 1.90. The number of piperidine rings is 1. The van der Waals surface area contributed by atoms with E-state index < -0.39 is 5.60 Å². The van der Waals surface area contributed by atoms with Crippen molar-refractivity contribution >= 4 is 6.09 Å². The molecule has 4 heteroatoms. The molecule has 1 N–H and O–H groups in total. The fraction of sp³-hybridized carbons (Fsp3) is 0.632. The van der Waals surface area contributed by atoms with Gasteiger partial charge in [-0.1, -0.05) is 37.3 Å². The molecule has 3 atom stereocenters. The number of nitrogens with one attached hydrogen (secondary N) is 1. The first-order chi connectivity index (χ1) is 10.7. The van der Waals surface area contributed by atoms with Crippen LogP contribution in [0.25, 0.3) is 0 Å². The Hall–Kier alpha value is -1.55. The van der Waals surface area contributed by atoms with E-state index >= 15 is 0 Å². The van der Waals surface area contributed by atoms with Gasteiger partial charge < -0.3 is 10.1 Å². The van der Waals surface area contributed by atoms with E-state index in [2.05, 4.69) is 48.3 Å². The predicted octanol–water partition coefficient (Wildman–Crippen LogP) is 3.81. The summed E-state index contributed by atoms with van der Waals surface area (Å²) in [5.41, 5.74) is 0.887. The summed E-state index contributed by atoms with van der Waals surface area (Å²) in [6.07, 6.45) is 0.644. The molecule has 1 fully saturated rings. The lowest BCUT2D eigenvalue weighted by molar-refractivity contribution is 0.0384. The first-order valence-electron chi connectivity index (χ1n) is 8.52. The Bertz CT molecular complexity index is 510. The zero-order chi connectivity index (χ0) is 17.0. The van der Waals surface area contributed by atoms with Gasteiger partial charge >= 0.3 is 6.09 Å². The SMILES string of the molecule is CC1CN(Cc2ccccc2)C(C)CC1NC(=O)OC(C)(C)C. The summed E-state index contributed by atoms with van der Waals surface area (Å²) in [6.45, 7) is 12.1. The van der Waals surface area contributed by atoms with Gasteiger partial charge in [0, 0.05) is 25.2 Å². The van der Waals surface area contributed by atoms with Gasteiger partial charge in [0.1, 0.15) is 5.60 Å². The first-order valence-corrected chi connectivity index (χ1v) is 8.52. The van der Waals surface area contributed by atoms with Gasteiger partial charge in [-0.2, -0.15) is 0 Å². The molecule has 0 radical (unpaired) electrons. The quantitative estimate of drug-likeness (QED) is 0.921. The van der Waals surface area contributed by atoms with E-state index in [0.29, 0.717) is 12.0 Å². The lowest BCUT2D eigenvalue weighted by Gasteiger charge is -2.42. The fourth-order valence-electron chi connectivity index (χ4n) is 3.12. The standard InChI is InChI=1S/C19H30N2O2/c1-14-12-21(13-16-9-7-6-8-10-16)15(2)11-17(14)20-18(22)23-19(3,4)5/h6-10,14-15,17H,11-13H2,1-5H3,(H,20,22). The summed E-state index contributed by atoms with van der Waals surface area (Å²) >= 11 is 0. The van der Waals surface area contributed by atoms with E-state index in [0.717, 1.165) is 19.5 Å². The average molecular weight is 318 g/mol. The lowest BCUT2D eigenvalue weighted by Crippen LogP contribution is -2.53. The van der Waals surface area contributed by atoms with Crippen molar-refractivity contribution in [3.05, 3.63) is 35.9 Å². The van der Waals surface area contributed by atoms with Gasteiger partial charge in [0.2, 0.25) is 0 Å². The maximum Gasteiger partial charge on any atom is 0.407 e. The van der Waals surface area contributed by atoms with Crippen LogP contribution in [-0.4, -0.2) is 35.2 Å². The van der Waals surface area contributed by atoms with Crippen LogP contribution >= 0.6 is 0 Å². The second-order valence-corrected chi connectivity index (χ2v) is 7.73. The number of benzene rings is 1. The number of hydrogen-bond acceptors (Lipinski definition) is 3. The number of alkyl carbamates (subject to hydrolysis) is 1. The molecule has 0 bridgehead atoms. The van der Waals surface area contributed by atoms with Gasteiger partial charge in [-0.05, 0) is 45.6 Å². The molecule has 1 aromatic carbocycles. The Morgan fingerprint density at radius 3 is 2.52 bits per heavy atom. The molecule has 0 spiro atoms. The smallest absolute Gasteiger partial charge is 0.407 e. The second-order valence-electron chi connectivity index (χ2n) is 7.73. The fourth-order valence-corrected chi connectivity index (χ4v) is 3.12. The van der Waals surface area contributed by atoms with Crippen LogP contribution < -0.4 is 5.32 Å². The second kappa shape index (κ2) is 7.35. The molecular formula is C19H30N2O2. The number of likely N-dealkylation sites (tertiary alicyclic amines) is 1. The van der Waals surface area contributed by atoms with Crippen LogP contribution in [-0.2, 0) is 11.3 Å². The van der Waals surface area contributed by atoms with E-state index in [9.17, 15) is 4.79 Å².